The second kappa shape index (κ2) is 77.8. The summed E-state index contributed by atoms with van der Waals surface area (Å²) in [7, 11) is 1.49. The van der Waals surface area contributed by atoms with Crippen molar-refractivity contribution in [2.75, 3.05) is 47.5 Å². The summed E-state index contributed by atoms with van der Waals surface area (Å²) < 4.78 is 34.9. The van der Waals surface area contributed by atoms with Gasteiger partial charge < -0.3 is 18.9 Å². The fourth-order valence-electron chi connectivity index (χ4n) is 12.0. The van der Waals surface area contributed by atoms with E-state index < -0.39 is 26.5 Å². The molecule has 9 nitrogen and oxygen atoms in total. The molecule has 0 aromatic heterocycles. The molecule has 0 fully saturated rings. The maximum absolute atomic E-state index is 12.9. The Morgan fingerprint density at radius 1 is 0.316 bits per heavy atom. The van der Waals surface area contributed by atoms with Crippen LogP contribution in [0.15, 0.2) is 109 Å². The van der Waals surface area contributed by atoms with Crippen LogP contribution in [0.2, 0.25) is 0 Å². The summed E-state index contributed by atoms with van der Waals surface area (Å²) in [6.07, 6.45) is 111. The number of carbonyl (C=O) groups excluding carboxylic acids is 2. The van der Waals surface area contributed by atoms with E-state index in [0.717, 1.165) is 89.9 Å². The molecule has 0 heterocycles. The van der Waals surface area contributed by atoms with Crippen LogP contribution in [0.5, 0.6) is 0 Å². The number of allylic oxidation sites excluding steroid dienone is 18. The van der Waals surface area contributed by atoms with Crippen molar-refractivity contribution in [3.8, 4) is 0 Å². The van der Waals surface area contributed by atoms with Gasteiger partial charge in [0, 0.05) is 12.8 Å². The van der Waals surface area contributed by atoms with Gasteiger partial charge in [-0.25, -0.2) is 4.57 Å². The van der Waals surface area contributed by atoms with Gasteiger partial charge >= 0.3 is 19.8 Å². The Labute approximate surface area is 607 Å². The largest absolute Gasteiger partial charge is 0.472 e. The van der Waals surface area contributed by atoms with Crippen LogP contribution in [0.25, 0.3) is 0 Å². The average Bonchev–Trinajstić information content (AvgIpc) is 1.08. The summed E-state index contributed by atoms with van der Waals surface area (Å²) >= 11 is 0. The smallest absolute Gasteiger partial charge is 0.462 e. The Kier molecular flexibility index (Phi) is 75.2. The molecular formula is C88H159NO8P+. The average molecular weight is 1390 g/mol. The van der Waals surface area contributed by atoms with Crippen molar-refractivity contribution in [2.24, 2.45) is 0 Å². The van der Waals surface area contributed by atoms with Gasteiger partial charge in [-0.3, -0.25) is 18.6 Å². The van der Waals surface area contributed by atoms with E-state index in [9.17, 15) is 19.0 Å². The number of likely N-dealkylation sites (N-methyl/N-ethyl adjacent to an activating group) is 1. The molecule has 10 heteroatoms. The molecule has 0 saturated heterocycles. The molecule has 2 unspecified atom stereocenters. The molecule has 0 amide bonds. The zero-order chi connectivity index (χ0) is 71.1. The SMILES string of the molecule is CC/C=C\C/C=C\C/C=C\C/C=C\C/C=C\CCCCCCCCCCCCCCCCCCCCCCCC(=O)OC(COC(=O)CCCCCCCCCCCCCCCCCCCCCCCCCC/C=C\C/C=C\C/C=C\C/C=C\CC)COP(=O)(O)OCC[N+](C)(C)C. The van der Waals surface area contributed by atoms with Crippen molar-refractivity contribution < 1.29 is 42.1 Å². The Bertz CT molecular complexity index is 2030. The predicted octanol–water partition coefficient (Wildman–Crippen LogP) is 28.0. The van der Waals surface area contributed by atoms with E-state index in [1.165, 1.54) is 263 Å². The highest BCUT2D eigenvalue weighted by Crippen LogP contribution is 2.43. The molecule has 2 atom stereocenters. The Balaban J connectivity index is 3.90. The minimum Gasteiger partial charge on any atom is -0.462 e. The summed E-state index contributed by atoms with van der Waals surface area (Å²) in [5, 5.41) is 0. The normalized spacial score (nSPS) is 13.6. The molecule has 0 spiro atoms. The highest BCUT2D eigenvalue weighted by molar-refractivity contribution is 7.47. The zero-order valence-corrected chi connectivity index (χ0v) is 65.9. The first-order valence-electron chi connectivity index (χ1n) is 41.6. The monoisotopic (exact) mass is 1390 g/mol. The first kappa shape index (κ1) is 94.7. The standard InChI is InChI=1S/C88H158NO8P/c1-6-8-10-12-14-16-18-20-22-24-26-28-30-32-34-36-38-40-42-44-46-48-50-52-54-56-58-60-62-64-66-68-70-72-74-76-78-80-87(90)94-84-86(85-96-98(92,93)95-83-82-89(3,4)5)97-88(91)81-79-77-75-73-71-69-67-65-63-61-59-57-55-53-51-49-47-45-43-41-39-37-35-33-31-29-27-25-23-21-19-17-15-13-11-9-7-2/h8-11,14-17,20-23,26-29,33,35,86H,6-7,12-13,18-19,24-25,30-32,34,36-85H2,1-5H3/p+1/b10-8-,11-9-,16-14-,17-15-,22-20-,23-21-,28-26-,29-27-,35-33-. The second-order valence-corrected chi connectivity index (χ2v) is 30.6. The van der Waals surface area contributed by atoms with E-state index in [4.69, 9.17) is 18.5 Å². The molecule has 0 saturated carbocycles. The first-order valence-corrected chi connectivity index (χ1v) is 43.1. The van der Waals surface area contributed by atoms with Gasteiger partial charge in [-0.1, -0.05) is 386 Å². The van der Waals surface area contributed by atoms with Crippen LogP contribution in [-0.2, 0) is 32.7 Å². The highest BCUT2D eigenvalue weighted by Gasteiger charge is 2.27. The van der Waals surface area contributed by atoms with Crippen LogP contribution in [-0.4, -0.2) is 74.9 Å². The molecule has 0 rings (SSSR count). The topological polar surface area (TPSA) is 108 Å². The van der Waals surface area contributed by atoms with Crippen molar-refractivity contribution >= 4 is 19.8 Å². The number of hydrogen-bond acceptors (Lipinski definition) is 7. The minimum absolute atomic E-state index is 0.0320. The number of esters is 2. The van der Waals surface area contributed by atoms with Gasteiger partial charge in [-0.2, -0.15) is 0 Å². The fraction of sp³-hybridized carbons (Fsp3) is 0.773. The summed E-state index contributed by atoms with van der Waals surface area (Å²) in [6, 6.07) is 0. The third-order valence-corrected chi connectivity index (χ3v) is 19.3. The number of carbonyl (C=O) groups is 2. The van der Waals surface area contributed by atoms with E-state index in [1.54, 1.807) is 0 Å². The molecule has 0 aromatic carbocycles. The van der Waals surface area contributed by atoms with Crippen LogP contribution >= 0.6 is 7.82 Å². The van der Waals surface area contributed by atoms with E-state index in [0.29, 0.717) is 23.9 Å². The first-order chi connectivity index (χ1) is 48.0. The Morgan fingerprint density at radius 3 is 0.816 bits per heavy atom. The molecule has 568 valence electrons. The molecule has 1 N–H and O–H groups in total. The number of hydrogen-bond donors (Lipinski definition) is 1. The lowest BCUT2D eigenvalue weighted by Gasteiger charge is -2.24. The third-order valence-electron chi connectivity index (χ3n) is 18.3. The highest BCUT2D eigenvalue weighted by atomic mass is 31.2. The fourth-order valence-corrected chi connectivity index (χ4v) is 12.8. The Hall–Kier alpha value is -3.33. The summed E-state index contributed by atoms with van der Waals surface area (Å²) in [5.74, 6) is -0.778. The Morgan fingerprint density at radius 2 is 0.551 bits per heavy atom. The molecule has 98 heavy (non-hydrogen) atoms. The minimum atomic E-state index is -4.40. The van der Waals surface area contributed by atoms with E-state index in [1.807, 2.05) is 21.1 Å². The van der Waals surface area contributed by atoms with E-state index in [-0.39, 0.29) is 25.6 Å². The van der Waals surface area contributed by atoms with Crippen LogP contribution in [0.4, 0.5) is 0 Å². The molecular weight excluding hydrogens is 1230 g/mol. The lowest BCUT2D eigenvalue weighted by Crippen LogP contribution is -2.37. The number of unbranched alkanes of at least 4 members (excludes halogenated alkanes) is 45. The van der Waals surface area contributed by atoms with Gasteiger partial charge in [0.25, 0.3) is 0 Å². The molecule has 0 radical (unpaired) electrons. The number of rotatable bonds is 77. The third kappa shape index (κ3) is 81.6. The zero-order valence-electron chi connectivity index (χ0n) is 65.0. The quantitative estimate of drug-likeness (QED) is 0.0211. The van der Waals surface area contributed by atoms with Crippen molar-refractivity contribution in [2.45, 2.75) is 392 Å². The number of ether oxygens (including phenoxy) is 2. The maximum atomic E-state index is 12.9. The maximum Gasteiger partial charge on any atom is 0.472 e. The lowest BCUT2D eigenvalue weighted by atomic mass is 10.0. The van der Waals surface area contributed by atoms with Gasteiger partial charge in [0.1, 0.15) is 19.8 Å². The molecule has 0 aromatic rings. The summed E-state index contributed by atoms with van der Waals surface area (Å²) in [5.41, 5.74) is 0. The molecule has 0 aliphatic rings. The second-order valence-electron chi connectivity index (χ2n) is 29.1. The lowest BCUT2D eigenvalue weighted by molar-refractivity contribution is -0.870. The van der Waals surface area contributed by atoms with Gasteiger partial charge in [-0.15, -0.1) is 0 Å². The number of phosphoric ester groups is 1. The van der Waals surface area contributed by atoms with Crippen LogP contribution in [0, 0.1) is 0 Å². The van der Waals surface area contributed by atoms with Gasteiger partial charge in [0.05, 0.1) is 27.7 Å². The predicted molar refractivity (Wildman–Crippen MR) is 427 cm³/mol. The summed E-state index contributed by atoms with van der Waals surface area (Å²) in [6.45, 7) is 4.26. The molecule has 0 bridgehead atoms. The van der Waals surface area contributed by atoms with E-state index >= 15 is 0 Å². The van der Waals surface area contributed by atoms with Crippen molar-refractivity contribution in [1.82, 2.24) is 0 Å². The number of nitrogens with zero attached hydrogens (tertiary/aromatic N) is 1. The van der Waals surface area contributed by atoms with Gasteiger partial charge in [0.2, 0.25) is 0 Å². The van der Waals surface area contributed by atoms with Crippen LogP contribution in [0.3, 0.4) is 0 Å². The van der Waals surface area contributed by atoms with Crippen LogP contribution < -0.4 is 0 Å². The number of phosphoric acid groups is 1. The van der Waals surface area contributed by atoms with Gasteiger partial charge in [-0.05, 0) is 96.3 Å². The van der Waals surface area contributed by atoms with Crippen LogP contribution in [0.1, 0.15) is 386 Å². The van der Waals surface area contributed by atoms with Crippen molar-refractivity contribution in [3.05, 3.63) is 109 Å². The van der Waals surface area contributed by atoms with Crippen molar-refractivity contribution in [3.63, 3.8) is 0 Å². The number of quaternary nitrogens is 1. The molecule has 0 aliphatic heterocycles. The molecule has 0 aliphatic carbocycles. The van der Waals surface area contributed by atoms with Crippen molar-refractivity contribution in [1.29, 1.82) is 0 Å². The van der Waals surface area contributed by atoms with E-state index in [2.05, 4.69) is 123 Å². The summed E-state index contributed by atoms with van der Waals surface area (Å²) in [4.78, 5) is 36.0. The van der Waals surface area contributed by atoms with Gasteiger partial charge in [0.15, 0.2) is 6.10 Å².